The van der Waals surface area contributed by atoms with Crippen molar-refractivity contribution >= 4 is 17.3 Å². The summed E-state index contributed by atoms with van der Waals surface area (Å²) in [7, 11) is 4.16. The summed E-state index contributed by atoms with van der Waals surface area (Å²) in [6, 6.07) is 15.7. The maximum absolute atomic E-state index is 12.4. The zero-order valence-corrected chi connectivity index (χ0v) is 16.6. The smallest absolute Gasteiger partial charge is 0.255 e. The third-order valence-corrected chi connectivity index (χ3v) is 4.27. The molecule has 0 aliphatic carbocycles. The summed E-state index contributed by atoms with van der Waals surface area (Å²) in [5.74, 6) is -0.0860. The second-order valence-electron chi connectivity index (χ2n) is 7.94. The Morgan fingerprint density at radius 2 is 1.50 bits per heavy atom. The summed E-state index contributed by atoms with van der Waals surface area (Å²) in [6.45, 7) is 8.49. The summed E-state index contributed by atoms with van der Waals surface area (Å²) in [5.41, 5.74) is 3.84. The molecule has 0 heterocycles. The van der Waals surface area contributed by atoms with Gasteiger partial charge in [0.2, 0.25) is 0 Å². The maximum atomic E-state index is 12.4. The Bertz CT molecular complexity index is 698. The van der Waals surface area contributed by atoms with Gasteiger partial charge in [-0.05, 0) is 74.4 Å². The summed E-state index contributed by atoms with van der Waals surface area (Å²) < 4.78 is 0. The number of rotatable bonds is 7. The molecule has 140 valence electrons. The van der Waals surface area contributed by atoms with Crippen LogP contribution in [0.25, 0.3) is 0 Å². The van der Waals surface area contributed by atoms with Crippen LogP contribution in [-0.4, -0.2) is 38.0 Å². The van der Waals surface area contributed by atoms with Gasteiger partial charge in [0.1, 0.15) is 0 Å². The topological polar surface area (TPSA) is 44.4 Å². The molecule has 0 unspecified atom stereocenters. The van der Waals surface area contributed by atoms with Crippen LogP contribution in [0, 0.1) is 0 Å². The number of nitrogens with zero attached hydrogens (tertiary/aromatic N) is 1. The lowest BCUT2D eigenvalue weighted by atomic mass is 9.87. The van der Waals surface area contributed by atoms with Gasteiger partial charge in [0.05, 0.1) is 0 Å². The SMILES string of the molecule is CN(C)CCCNc1ccc(NC(=O)c2ccc(C(C)(C)C)cc2)cc1. The summed E-state index contributed by atoms with van der Waals surface area (Å²) in [5, 5.41) is 6.35. The Kier molecular flexibility index (Phi) is 6.81. The van der Waals surface area contributed by atoms with E-state index in [4.69, 9.17) is 0 Å². The third-order valence-electron chi connectivity index (χ3n) is 4.27. The number of carbonyl (C=O) groups is 1. The molecule has 0 aromatic heterocycles. The number of hydrogen-bond donors (Lipinski definition) is 2. The van der Waals surface area contributed by atoms with Gasteiger partial charge in [-0.3, -0.25) is 4.79 Å². The Morgan fingerprint density at radius 3 is 2.04 bits per heavy atom. The van der Waals surface area contributed by atoms with Crippen molar-refractivity contribution in [2.45, 2.75) is 32.6 Å². The van der Waals surface area contributed by atoms with E-state index in [-0.39, 0.29) is 11.3 Å². The van der Waals surface area contributed by atoms with E-state index in [1.165, 1.54) is 5.56 Å². The second-order valence-corrected chi connectivity index (χ2v) is 7.94. The van der Waals surface area contributed by atoms with Crippen LogP contribution in [0.3, 0.4) is 0 Å². The van der Waals surface area contributed by atoms with E-state index < -0.39 is 0 Å². The van der Waals surface area contributed by atoms with Crippen molar-refractivity contribution in [3.63, 3.8) is 0 Å². The quantitative estimate of drug-likeness (QED) is 0.715. The normalized spacial score (nSPS) is 11.5. The second kappa shape index (κ2) is 8.86. The molecule has 0 saturated carbocycles. The molecular formula is C22H31N3O. The predicted molar refractivity (Wildman–Crippen MR) is 111 cm³/mol. The molecule has 0 spiro atoms. The Morgan fingerprint density at radius 1 is 0.923 bits per heavy atom. The van der Waals surface area contributed by atoms with Crippen molar-refractivity contribution in [1.82, 2.24) is 4.90 Å². The van der Waals surface area contributed by atoms with Crippen LogP contribution in [0.15, 0.2) is 48.5 Å². The fourth-order valence-electron chi connectivity index (χ4n) is 2.62. The minimum atomic E-state index is -0.0860. The minimum absolute atomic E-state index is 0.0860. The largest absolute Gasteiger partial charge is 0.385 e. The van der Waals surface area contributed by atoms with Crippen LogP contribution >= 0.6 is 0 Å². The molecule has 1 amide bonds. The first-order valence-electron chi connectivity index (χ1n) is 9.16. The van der Waals surface area contributed by atoms with Gasteiger partial charge in [-0.1, -0.05) is 32.9 Å². The van der Waals surface area contributed by atoms with Gasteiger partial charge in [-0.2, -0.15) is 0 Å². The van der Waals surface area contributed by atoms with E-state index >= 15 is 0 Å². The van der Waals surface area contributed by atoms with E-state index in [0.29, 0.717) is 5.56 Å². The number of hydrogen-bond acceptors (Lipinski definition) is 3. The predicted octanol–water partition coefficient (Wildman–Crippen LogP) is 4.60. The summed E-state index contributed by atoms with van der Waals surface area (Å²) in [6.07, 6.45) is 1.09. The molecule has 2 aromatic carbocycles. The van der Waals surface area contributed by atoms with Gasteiger partial charge in [0.25, 0.3) is 5.91 Å². The summed E-state index contributed by atoms with van der Waals surface area (Å²) in [4.78, 5) is 14.6. The fraction of sp³-hybridized carbons (Fsp3) is 0.409. The average molecular weight is 354 g/mol. The van der Waals surface area contributed by atoms with Gasteiger partial charge in [0.15, 0.2) is 0 Å². The third kappa shape index (κ3) is 6.19. The van der Waals surface area contributed by atoms with Crippen molar-refractivity contribution in [2.24, 2.45) is 0 Å². The zero-order chi connectivity index (χ0) is 19.2. The lowest BCUT2D eigenvalue weighted by Gasteiger charge is -2.19. The van der Waals surface area contributed by atoms with Crippen LogP contribution in [0.4, 0.5) is 11.4 Å². The van der Waals surface area contributed by atoms with Crippen molar-refractivity contribution < 1.29 is 4.79 Å². The lowest BCUT2D eigenvalue weighted by molar-refractivity contribution is 0.102. The van der Waals surface area contributed by atoms with Crippen molar-refractivity contribution in [3.05, 3.63) is 59.7 Å². The Balaban J connectivity index is 1.89. The monoisotopic (exact) mass is 353 g/mol. The number of carbonyl (C=O) groups excluding carboxylic acids is 1. The highest BCUT2D eigenvalue weighted by atomic mass is 16.1. The number of anilines is 2. The highest BCUT2D eigenvalue weighted by molar-refractivity contribution is 6.04. The molecule has 26 heavy (non-hydrogen) atoms. The van der Waals surface area contributed by atoms with E-state index in [2.05, 4.69) is 50.4 Å². The maximum Gasteiger partial charge on any atom is 0.255 e. The van der Waals surface area contributed by atoms with Crippen LogP contribution in [0.1, 0.15) is 43.1 Å². The molecule has 2 aromatic rings. The molecule has 0 saturated heterocycles. The molecule has 2 rings (SSSR count). The van der Waals surface area contributed by atoms with Crippen LogP contribution in [-0.2, 0) is 5.41 Å². The highest BCUT2D eigenvalue weighted by Crippen LogP contribution is 2.22. The van der Waals surface area contributed by atoms with E-state index in [1.54, 1.807) is 0 Å². The standard InChI is InChI=1S/C22H31N3O/c1-22(2,3)18-9-7-17(8-10-18)21(26)24-20-13-11-19(12-14-20)23-15-6-16-25(4)5/h7-14,23H,6,15-16H2,1-5H3,(H,24,26). The van der Waals surface area contributed by atoms with Crippen molar-refractivity contribution in [3.8, 4) is 0 Å². The molecule has 0 atom stereocenters. The number of nitrogens with one attached hydrogen (secondary N) is 2. The first-order valence-corrected chi connectivity index (χ1v) is 9.16. The van der Waals surface area contributed by atoms with Gasteiger partial charge in [0, 0.05) is 23.5 Å². The molecule has 0 radical (unpaired) electrons. The van der Waals surface area contributed by atoms with Gasteiger partial charge < -0.3 is 15.5 Å². The number of benzene rings is 2. The minimum Gasteiger partial charge on any atom is -0.385 e. The van der Waals surface area contributed by atoms with Crippen molar-refractivity contribution in [2.75, 3.05) is 37.8 Å². The van der Waals surface area contributed by atoms with E-state index in [0.717, 1.165) is 30.9 Å². The molecular weight excluding hydrogens is 322 g/mol. The van der Waals surface area contributed by atoms with Crippen LogP contribution < -0.4 is 10.6 Å². The first-order chi connectivity index (χ1) is 12.3. The molecule has 2 N–H and O–H groups in total. The molecule has 0 aliphatic heterocycles. The summed E-state index contributed by atoms with van der Waals surface area (Å²) >= 11 is 0. The van der Waals surface area contributed by atoms with Gasteiger partial charge in [-0.25, -0.2) is 0 Å². The van der Waals surface area contributed by atoms with Gasteiger partial charge in [-0.15, -0.1) is 0 Å². The van der Waals surface area contributed by atoms with Crippen LogP contribution in [0.5, 0.6) is 0 Å². The first kappa shape index (κ1) is 20.0. The number of amides is 1. The molecule has 4 nitrogen and oxygen atoms in total. The van der Waals surface area contributed by atoms with E-state index in [1.807, 2.05) is 48.5 Å². The Hall–Kier alpha value is -2.33. The highest BCUT2D eigenvalue weighted by Gasteiger charge is 2.14. The molecule has 4 heteroatoms. The van der Waals surface area contributed by atoms with E-state index in [9.17, 15) is 4.79 Å². The van der Waals surface area contributed by atoms with Gasteiger partial charge >= 0.3 is 0 Å². The average Bonchev–Trinajstić information content (AvgIpc) is 2.59. The Labute approximate surface area is 157 Å². The molecule has 0 fully saturated rings. The molecule has 0 bridgehead atoms. The van der Waals surface area contributed by atoms with Crippen molar-refractivity contribution in [1.29, 1.82) is 0 Å². The lowest BCUT2D eigenvalue weighted by Crippen LogP contribution is -2.16. The fourth-order valence-corrected chi connectivity index (χ4v) is 2.62. The molecule has 0 aliphatic rings. The zero-order valence-electron chi connectivity index (χ0n) is 16.6. The van der Waals surface area contributed by atoms with Crippen LogP contribution in [0.2, 0.25) is 0 Å².